The van der Waals surface area contributed by atoms with E-state index in [4.69, 9.17) is 4.74 Å². The van der Waals surface area contributed by atoms with Crippen molar-refractivity contribution in [2.45, 2.75) is 33.2 Å². The minimum atomic E-state index is 0.131. The number of hydrogen-bond acceptors (Lipinski definition) is 4. The quantitative estimate of drug-likeness (QED) is 0.820. The molecule has 0 amide bonds. The number of aromatic nitrogens is 1. The molecule has 1 saturated heterocycles. The number of unbranched alkanes of at least 4 members (excludes halogenated alkanes) is 1. The van der Waals surface area contributed by atoms with Crippen LogP contribution in [0.2, 0.25) is 0 Å². The molecular formula is C20H29N3O2. The van der Waals surface area contributed by atoms with Gasteiger partial charge in [0.25, 0.3) is 0 Å². The van der Waals surface area contributed by atoms with Crippen LogP contribution in [0.4, 0.5) is 0 Å². The second-order valence-corrected chi connectivity index (χ2v) is 7.05. The molecule has 2 aromatic rings. The summed E-state index contributed by atoms with van der Waals surface area (Å²) in [6.45, 7) is 9.67. The summed E-state index contributed by atoms with van der Waals surface area (Å²) in [6, 6.07) is 5.77. The molecule has 1 aliphatic rings. The number of likely N-dealkylation sites (N-methyl/N-ethyl adjacent to an activating group) is 1. The third-order valence-corrected chi connectivity index (χ3v) is 5.03. The summed E-state index contributed by atoms with van der Waals surface area (Å²) in [7, 11) is 2.14. The predicted octanol–water partition coefficient (Wildman–Crippen LogP) is 2.76. The first-order chi connectivity index (χ1) is 12.1. The van der Waals surface area contributed by atoms with E-state index in [0.717, 1.165) is 66.9 Å². The fourth-order valence-electron chi connectivity index (χ4n) is 3.27. The van der Waals surface area contributed by atoms with Crippen LogP contribution in [0.1, 0.15) is 31.0 Å². The van der Waals surface area contributed by atoms with Gasteiger partial charge in [-0.15, -0.1) is 0 Å². The van der Waals surface area contributed by atoms with E-state index in [9.17, 15) is 4.79 Å². The monoisotopic (exact) mass is 343 g/mol. The van der Waals surface area contributed by atoms with Gasteiger partial charge in [-0.3, -0.25) is 9.69 Å². The van der Waals surface area contributed by atoms with E-state index in [0.29, 0.717) is 13.2 Å². The van der Waals surface area contributed by atoms with Gasteiger partial charge >= 0.3 is 0 Å². The van der Waals surface area contributed by atoms with Gasteiger partial charge < -0.3 is 14.6 Å². The van der Waals surface area contributed by atoms with E-state index in [1.165, 1.54) is 0 Å². The second-order valence-electron chi connectivity index (χ2n) is 7.05. The Balaban J connectivity index is 1.86. The van der Waals surface area contributed by atoms with Crippen LogP contribution < -0.4 is 10.2 Å². The number of pyridine rings is 1. The van der Waals surface area contributed by atoms with Gasteiger partial charge in [-0.1, -0.05) is 13.3 Å². The summed E-state index contributed by atoms with van der Waals surface area (Å²) in [5.41, 5.74) is 2.86. The molecule has 0 aliphatic carbocycles. The molecule has 136 valence electrons. The molecule has 2 heterocycles. The maximum Gasteiger partial charge on any atom is 0.194 e. The van der Waals surface area contributed by atoms with Gasteiger partial charge in [0.2, 0.25) is 0 Å². The number of nitrogens with zero attached hydrogens (tertiary/aromatic N) is 2. The molecule has 0 bridgehead atoms. The Morgan fingerprint density at radius 3 is 2.68 bits per heavy atom. The van der Waals surface area contributed by atoms with Crippen molar-refractivity contribution in [2.75, 3.05) is 39.8 Å². The van der Waals surface area contributed by atoms with Crippen LogP contribution in [0.15, 0.2) is 23.0 Å². The van der Waals surface area contributed by atoms with Crippen LogP contribution in [-0.2, 0) is 6.54 Å². The Morgan fingerprint density at radius 1 is 1.20 bits per heavy atom. The summed E-state index contributed by atoms with van der Waals surface area (Å²) >= 11 is 0. The van der Waals surface area contributed by atoms with E-state index in [-0.39, 0.29) is 5.43 Å². The van der Waals surface area contributed by atoms with Crippen molar-refractivity contribution in [1.29, 1.82) is 0 Å². The van der Waals surface area contributed by atoms with Crippen LogP contribution >= 0.6 is 0 Å². The van der Waals surface area contributed by atoms with Gasteiger partial charge in [-0.25, -0.2) is 0 Å². The average Bonchev–Trinajstić information content (AvgIpc) is 2.61. The SMILES string of the molecule is CCCCOc1ccc2[nH]c(C)c(CN3CCN(C)CC3)c(=O)c2c1. The van der Waals surface area contributed by atoms with Gasteiger partial charge in [0.1, 0.15) is 5.75 Å². The van der Waals surface area contributed by atoms with Gasteiger partial charge in [-0.05, 0) is 38.6 Å². The smallest absolute Gasteiger partial charge is 0.194 e. The maximum atomic E-state index is 13.1. The van der Waals surface area contributed by atoms with Crippen LogP contribution in [-0.4, -0.2) is 54.6 Å². The van der Waals surface area contributed by atoms with E-state index < -0.39 is 0 Å². The number of piperazine rings is 1. The zero-order valence-corrected chi connectivity index (χ0v) is 15.6. The highest BCUT2D eigenvalue weighted by Crippen LogP contribution is 2.20. The largest absolute Gasteiger partial charge is 0.494 e. The minimum Gasteiger partial charge on any atom is -0.494 e. The zero-order chi connectivity index (χ0) is 17.8. The molecule has 0 atom stereocenters. The lowest BCUT2D eigenvalue weighted by Crippen LogP contribution is -2.44. The van der Waals surface area contributed by atoms with Crippen LogP contribution in [0.3, 0.4) is 0 Å². The second kappa shape index (κ2) is 8.02. The molecule has 1 aromatic carbocycles. The van der Waals surface area contributed by atoms with Crippen molar-refractivity contribution in [1.82, 2.24) is 14.8 Å². The Labute approximate surface area is 149 Å². The molecule has 1 aliphatic heterocycles. The maximum absolute atomic E-state index is 13.1. The lowest BCUT2D eigenvalue weighted by atomic mass is 10.1. The molecule has 25 heavy (non-hydrogen) atoms. The zero-order valence-electron chi connectivity index (χ0n) is 15.6. The van der Waals surface area contributed by atoms with Crippen LogP contribution in [0.5, 0.6) is 5.75 Å². The molecule has 5 heteroatoms. The van der Waals surface area contributed by atoms with E-state index in [1.807, 2.05) is 25.1 Å². The van der Waals surface area contributed by atoms with Crippen molar-refractivity contribution >= 4 is 10.9 Å². The Bertz CT molecular complexity index is 776. The molecule has 0 radical (unpaired) electrons. The van der Waals surface area contributed by atoms with Crippen LogP contribution in [0, 0.1) is 6.92 Å². The van der Waals surface area contributed by atoms with Crippen molar-refractivity contribution in [3.8, 4) is 5.75 Å². The van der Waals surface area contributed by atoms with Gasteiger partial charge in [0, 0.05) is 54.9 Å². The normalized spacial score (nSPS) is 16.4. The third-order valence-electron chi connectivity index (χ3n) is 5.03. The predicted molar refractivity (Wildman–Crippen MR) is 102 cm³/mol. The van der Waals surface area contributed by atoms with E-state index in [1.54, 1.807) is 0 Å². The lowest BCUT2D eigenvalue weighted by molar-refractivity contribution is 0.147. The molecule has 1 N–H and O–H groups in total. The third kappa shape index (κ3) is 4.22. The molecular weight excluding hydrogens is 314 g/mol. The topological polar surface area (TPSA) is 48.6 Å². The summed E-state index contributed by atoms with van der Waals surface area (Å²) in [5, 5.41) is 0.726. The first kappa shape index (κ1) is 18.0. The van der Waals surface area contributed by atoms with E-state index >= 15 is 0 Å². The van der Waals surface area contributed by atoms with Crippen LogP contribution in [0.25, 0.3) is 10.9 Å². The molecule has 0 saturated carbocycles. The summed E-state index contributed by atoms with van der Waals surface area (Å²) in [6.07, 6.45) is 2.12. The fraction of sp³-hybridized carbons (Fsp3) is 0.550. The van der Waals surface area contributed by atoms with Crippen molar-refractivity contribution in [3.05, 3.63) is 39.7 Å². The van der Waals surface area contributed by atoms with Crippen molar-refractivity contribution in [3.63, 3.8) is 0 Å². The molecule has 0 unspecified atom stereocenters. The fourth-order valence-corrected chi connectivity index (χ4v) is 3.27. The first-order valence-corrected chi connectivity index (χ1v) is 9.27. The van der Waals surface area contributed by atoms with Crippen molar-refractivity contribution < 1.29 is 4.74 Å². The lowest BCUT2D eigenvalue weighted by Gasteiger charge is -2.32. The highest BCUT2D eigenvalue weighted by molar-refractivity contribution is 5.81. The molecule has 0 spiro atoms. The molecule has 1 fully saturated rings. The van der Waals surface area contributed by atoms with Gasteiger partial charge in [0.05, 0.1) is 6.61 Å². The standard InChI is InChI=1S/C20H29N3O2/c1-4-5-12-25-16-6-7-19-17(13-16)20(24)18(15(2)21-19)14-23-10-8-22(3)9-11-23/h6-7,13H,4-5,8-12,14H2,1-3H3,(H,21,24). The highest BCUT2D eigenvalue weighted by atomic mass is 16.5. The average molecular weight is 343 g/mol. The molecule has 5 nitrogen and oxygen atoms in total. The number of nitrogens with one attached hydrogen (secondary N) is 1. The number of aryl methyl sites for hydroxylation is 1. The number of aromatic amines is 1. The first-order valence-electron chi connectivity index (χ1n) is 9.27. The number of rotatable bonds is 6. The number of fused-ring (bicyclic) bond motifs is 1. The molecule has 1 aromatic heterocycles. The summed E-state index contributed by atoms with van der Waals surface area (Å²) in [4.78, 5) is 21.1. The van der Waals surface area contributed by atoms with E-state index in [2.05, 4.69) is 28.8 Å². The van der Waals surface area contributed by atoms with Gasteiger partial charge in [-0.2, -0.15) is 0 Å². The highest BCUT2D eigenvalue weighted by Gasteiger charge is 2.17. The number of hydrogen-bond donors (Lipinski definition) is 1. The Morgan fingerprint density at radius 2 is 1.96 bits per heavy atom. The Kier molecular flexibility index (Phi) is 5.76. The summed E-state index contributed by atoms with van der Waals surface area (Å²) in [5.74, 6) is 0.779. The number of benzene rings is 1. The van der Waals surface area contributed by atoms with Crippen molar-refractivity contribution in [2.24, 2.45) is 0 Å². The van der Waals surface area contributed by atoms with Gasteiger partial charge in [0.15, 0.2) is 5.43 Å². The number of H-pyrrole nitrogens is 1. The molecule has 3 rings (SSSR count). The Hall–Kier alpha value is -1.85. The number of ether oxygens (including phenoxy) is 1. The minimum absolute atomic E-state index is 0.131. The summed E-state index contributed by atoms with van der Waals surface area (Å²) < 4.78 is 5.77.